The van der Waals surface area contributed by atoms with Gasteiger partial charge in [-0.05, 0) is 48.6 Å². The molecule has 2 aromatic carbocycles. The maximum Gasteiger partial charge on any atom is 0.243 e. The second-order valence-electron chi connectivity index (χ2n) is 8.15. The highest BCUT2D eigenvalue weighted by molar-refractivity contribution is 9.10. The molecular weight excluding hydrogens is 508 g/mol. The zero-order chi connectivity index (χ0) is 22.9. The number of rotatable bonds is 10. The van der Waals surface area contributed by atoms with Gasteiger partial charge in [0.2, 0.25) is 11.8 Å². The molecule has 1 atom stereocenters. The Bertz CT molecular complexity index is 903. The molecule has 4 nitrogen and oxygen atoms in total. The topological polar surface area (TPSA) is 49.4 Å². The van der Waals surface area contributed by atoms with E-state index >= 15 is 0 Å². The first-order chi connectivity index (χ1) is 15.5. The number of hydrogen-bond donors (Lipinski definition) is 1. The third-order valence-corrected chi connectivity index (χ3v) is 7.68. The minimum atomic E-state index is -0.507. The average Bonchev–Trinajstić information content (AvgIpc) is 3.29. The highest BCUT2D eigenvalue weighted by Gasteiger charge is 2.30. The lowest BCUT2D eigenvalue weighted by molar-refractivity contribution is -0.139. The summed E-state index contributed by atoms with van der Waals surface area (Å²) in [5.41, 5.74) is 2.02. The molecule has 2 amide bonds. The minimum absolute atomic E-state index is 0.0412. The molecule has 1 aliphatic rings. The van der Waals surface area contributed by atoms with Gasteiger partial charge in [0.05, 0.1) is 5.75 Å². The molecule has 0 radical (unpaired) electrons. The normalized spacial score (nSPS) is 14.8. The van der Waals surface area contributed by atoms with Crippen molar-refractivity contribution in [3.63, 3.8) is 0 Å². The highest BCUT2D eigenvalue weighted by atomic mass is 79.9. The first kappa shape index (κ1) is 25.1. The Balaban J connectivity index is 1.70. The van der Waals surface area contributed by atoms with Crippen LogP contribution < -0.4 is 5.32 Å². The van der Waals surface area contributed by atoms with E-state index < -0.39 is 6.04 Å². The SMILES string of the molecule is CCC(C(=O)NC1CCCC1)N(Cc1ccccc1Cl)C(=O)CSCc1ccc(Br)cc1. The summed E-state index contributed by atoms with van der Waals surface area (Å²) in [5.74, 6) is 0.954. The molecule has 7 heteroatoms. The summed E-state index contributed by atoms with van der Waals surface area (Å²) >= 11 is 11.4. The van der Waals surface area contributed by atoms with Crippen LogP contribution in [0.2, 0.25) is 5.02 Å². The van der Waals surface area contributed by atoms with E-state index in [1.807, 2.05) is 55.5 Å². The van der Waals surface area contributed by atoms with Gasteiger partial charge < -0.3 is 10.2 Å². The summed E-state index contributed by atoms with van der Waals surface area (Å²) in [4.78, 5) is 28.2. The average molecular weight is 538 g/mol. The first-order valence-corrected chi connectivity index (χ1v) is 13.5. The molecule has 3 rings (SSSR count). The van der Waals surface area contributed by atoms with Crippen LogP contribution >= 0.6 is 39.3 Å². The fourth-order valence-corrected chi connectivity index (χ4v) is 5.35. The van der Waals surface area contributed by atoms with E-state index in [4.69, 9.17) is 11.6 Å². The lowest BCUT2D eigenvalue weighted by Crippen LogP contribution is -2.51. The zero-order valence-corrected chi connectivity index (χ0v) is 21.5. The van der Waals surface area contributed by atoms with Crippen molar-refractivity contribution in [2.24, 2.45) is 0 Å². The molecular formula is C25H30BrClN2O2S. The third-order valence-electron chi connectivity index (χ3n) is 5.79. The van der Waals surface area contributed by atoms with Gasteiger partial charge in [0.25, 0.3) is 0 Å². The molecule has 0 spiro atoms. The molecule has 1 N–H and O–H groups in total. The first-order valence-electron chi connectivity index (χ1n) is 11.1. The Morgan fingerprint density at radius 2 is 1.84 bits per heavy atom. The van der Waals surface area contributed by atoms with Crippen molar-refractivity contribution in [1.82, 2.24) is 10.2 Å². The number of carbonyl (C=O) groups is 2. The number of carbonyl (C=O) groups excluding carboxylic acids is 2. The Morgan fingerprint density at radius 3 is 2.50 bits per heavy atom. The number of benzene rings is 2. The molecule has 32 heavy (non-hydrogen) atoms. The predicted octanol–water partition coefficient (Wildman–Crippen LogP) is 6.20. The molecule has 0 saturated heterocycles. The summed E-state index contributed by atoms with van der Waals surface area (Å²) in [6.07, 6.45) is 4.90. The quantitative estimate of drug-likeness (QED) is 0.392. The van der Waals surface area contributed by atoms with Gasteiger partial charge in [-0.15, -0.1) is 11.8 Å². The zero-order valence-electron chi connectivity index (χ0n) is 18.4. The van der Waals surface area contributed by atoms with E-state index in [9.17, 15) is 9.59 Å². The predicted molar refractivity (Wildman–Crippen MR) is 137 cm³/mol. The van der Waals surface area contributed by atoms with Crippen molar-refractivity contribution >= 4 is 51.1 Å². The summed E-state index contributed by atoms with van der Waals surface area (Å²) in [6, 6.07) is 15.3. The Labute approximate surface area is 208 Å². The van der Waals surface area contributed by atoms with Gasteiger partial charge >= 0.3 is 0 Å². The number of thioether (sulfide) groups is 1. The Morgan fingerprint density at radius 1 is 1.16 bits per heavy atom. The minimum Gasteiger partial charge on any atom is -0.352 e. The van der Waals surface area contributed by atoms with Gasteiger partial charge in [0.15, 0.2) is 0 Å². The fourth-order valence-electron chi connectivity index (χ4n) is 4.02. The molecule has 1 unspecified atom stereocenters. The maximum atomic E-state index is 13.3. The second-order valence-corrected chi connectivity index (χ2v) is 10.5. The van der Waals surface area contributed by atoms with Crippen LogP contribution in [0.15, 0.2) is 53.0 Å². The molecule has 0 heterocycles. The smallest absolute Gasteiger partial charge is 0.243 e. The largest absolute Gasteiger partial charge is 0.352 e. The molecule has 1 aliphatic carbocycles. The molecule has 0 aliphatic heterocycles. The van der Waals surface area contributed by atoms with Crippen molar-refractivity contribution in [2.45, 2.75) is 63.4 Å². The van der Waals surface area contributed by atoms with E-state index in [2.05, 4.69) is 21.2 Å². The number of amides is 2. The van der Waals surface area contributed by atoms with E-state index in [-0.39, 0.29) is 17.9 Å². The summed E-state index contributed by atoms with van der Waals surface area (Å²) in [6.45, 7) is 2.29. The van der Waals surface area contributed by atoms with E-state index in [1.165, 1.54) is 0 Å². The lowest BCUT2D eigenvalue weighted by Gasteiger charge is -2.31. The van der Waals surface area contributed by atoms with Crippen LogP contribution in [-0.2, 0) is 21.9 Å². The lowest BCUT2D eigenvalue weighted by atomic mass is 10.1. The number of nitrogens with one attached hydrogen (secondary N) is 1. The van der Waals surface area contributed by atoms with Gasteiger partial charge in [-0.3, -0.25) is 9.59 Å². The molecule has 0 aromatic heterocycles. The Hall–Kier alpha value is -1.50. The van der Waals surface area contributed by atoms with Crippen LogP contribution in [0.25, 0.3) is 0 Å². The third kappa shape index (κ3) is 7.26. The number of halogens is 2. The van der Waals surface area contributed by atoms with E-state index in [0.29, 0.717) is 23.7 Å². The standard InChI is InChI=1S/C25H30BrClN2O2S/c1-2-23(25(31)28-21-8-4-5-9-21)29(15-19-7-3-6-10-22(19)27)24(30)17-32-16-18-11-13-20(26)14-12-18/h3,6-7,10-14,21,23H,2,4-5,8-9,15-17H2,1H3,(H,28,31). The molecule has 1 saturated carbocycles. The number of hydrogen-bond acceptors (Lipinski definition) is 3. The van der Waals surface area contributed by atoms with Gasteiger partial charge in [-0.1, -0.05) is 77.6 Å². The van der Waals surface area contributed by atoms with Gasteiger partial charge in [-0.25, -0.2) is 0 Å². The van der Waals surface area contributed by atoms with Gasteiger partial charge in [-0.2, -0.15) is 0 Å². The second kappa shape index (κ2) is 12.7. The monoisotopic (exact) mass is 536 g/mol. The summed E-state index contributed by atoms with van der Waals surface area (Å²) < 4.78 is 1.03. The van der Waals surface area contributed by atoms with Gasteiger partial charge in [0.1, 0.15) is 6.04 Å². The summed E-state index contributed by atoms with van der Waals surface area (Å²) in [7, 11) is 0. The van der Waals surface area contributed by atoms with Crippen LogP contribution in [0, 0.1) is 0 Å². The van der Waals surface area contributed by atoms with E-state index in [0.717, 1.165) is 47.0 Å². The van der Waals surface area contributed by atoms with Crippen molar-refractivity contribution in [2.75, 3.05) is 5.75 Å². The highest BCUT2D eigenvalue weighted by Crippen LogP contribution is 2.23. The van der Waals surface area contributed by atoms with E-state index in [1.54, 1.807) is 16.7 Å². The van der Waals surface area contributed by atoms with Crippen LogP contribution in [-0.4, -0.2) is 34.6 Å². The summed E-state index contributed by atoms with van der Waals surface area (Å²) in [5, 5.41) is 3.79. The molecule has 172 valence electrons. The van der Waals surface area contributed by atoms with Crippen LogP contribution in [0.1, 0.15) is 50.2 Å². The van der Waals surface area contributed by atoms with Crippen LogP contribution in [0.5, 0.6) is 0 Å². The molecule has 0 bridgehead atoms. The van der Waals surface area contributed by atoms with Crippen molar-refractivity contribution < 1.29 is 9.59 Å². The Kier molecular flexibility index (Phi) is 9.94. The fraction of sp³-hybridized carbons (Fsp3) is 0.440. The van der Waals surface area contributed by atoms with Crippen LogP contribution in [0.3, 0.4) is 0 Å². The molecule has 2 aromatic rings. The van der Waals surface area contributed by atoms with Gasteiger partial charge in [0, 0.05) is 27.8 Å². The van der Waals surface area contributed by atoms with Crippen molar-refractivity contribution in [3.05, 3.63) is 69.2 Å². The molecule has 1 fully saturated rings. The number of nitrogens with zero attached hydrogens (tertiary/aromatic N) is 1. The van der Waals surface area contributed by atoms with Crippen molar-refractivity contribution in [1.29, 1.82) is 0 Å². The van der Waals surface area contributed by atoms with Crippen LogP contribution in [0.4, 0.5) is 0 Å². The van der Waals surface area contributed by atoms with Crippen molar-refractivity contribution in [3.8, 4) is 0 Å². The maximum absolute atomic E-state index is 13.3.